The molecule has 1 atom stereocenters. The Labute approximate surface area is 119 Å². The third-order valence-corrected chi connectivity index (χ3v) is 2.52. The molecule has 0 saturated carbocycles. The molecule has 1 aromatic carbocycles. The molecule has 0 aliphatic carbocycles. The second kappa shape index (κ2) is 7.34. The lowest BCUT2D eigenvalue weighted by Gasteiger charge is -2.13. The Morgan fingerprint density at radius 3 is 2.45 bits per heavy atom. The van der Waals surface area contributed by atoms with Crippen molar-refractivity contribution >= 4 is 29.4 Å². The summed E-state index contributed by atoms with van der Waals surface area (Å²) in [6, 6.07) is 4.95. The van der Waals surface area contributed by atoms with Gasteiger partial charge in [0.05, 0.1) is 11.4 Å². The maximum absolute atomic E-state index is 11.5. The quantitative estimate of drug-likeness (QED) is 0.685. The van der Waals surface area contributed by atoms with E-state index in [1.54, 1.807) is 24.3 Å². The van der Waals surface area contributed by atoms with E-state index in [0.717, 1.165) is 0 Å². The van der Waals surface area contributed by atoms with Crippen LogP contribution >= 0.6 is 11.6 Å². The summed E-state index contributed by atoms with van der Waals surface area (Å²) in [5.41, 5.74) is 0. The van der Waals surface area contributed by atoms with Gasteiger partial charge in [-0.15, -0.1) is 0 Å². The standard InChI is InChI=1S/C12H12ClNO6/c13-7-3-1-2-4-9(7)20-6-10(15)14-8(12(18)19)5-11(16)17/h1-4,8H,5-6H2,(H,14,15)(H,16,17)(H,18,19). The summed E-state index contributed by atoms with van der Waals surface area (Å²) >= 11 is 5.80. The highest BCUT2D eigenvalue weighted by Gasteiger charge is 2.23. The van der Waals surface area contributed by atoms with Crippen molar-refractivity contribution in [1.29, 1.82) is 0 Å². The highest BCUT2D eigenvalue weighted by Crippen LogP contribution is 2.22. The number of carboxylic acids is 2. The van der Waals surface area contributed by atoms with Gasteiger partial charge < -0.3 is 20.3 Å². The van der Waals surface area contributed by atoms with E-state index in [0.29, 0.717) is 5.02 Å². The van der Waals surface area contributed by atoms with Crippen LogP contribution in [0, 0.1) is 0 Å². The number of para-hydroxylation sites is 1. The number of benzene rings is 1. The van der Waals surface area contributed by atoms with E-state index in [1.807, 2.05) is 0 Å². The van der Waals surface area contributed by atoms with Gasteiger partial charge in [0.15, 0.2) is 6.61 Å². The fraction of sp³-hybridized carbons (Fsp3) is 0.250. The number of aliphatic carboxylic acids is 2. The van der Waals surface area contributed by atoms with Crippen LogP contribution in [0.25, 0.3) is 0 Å². The maximum atomic E-state index is 11.5. The van der Waals surface area contributed by atoms with Gasteiger partial charge >= 0.3 is 11.9 Å². The number of hydrogen-bond acceptors (Lipinski definition) is 4. The van der Waals surface area contributed by atoms with Crippen molar-refractivity contribution in [1.82, 2.24) is 5.32 Å². The number of ether oxygens (including phenoxy) is 1. The molecule has 0 aromatic heterocycles. The van der Waals surface area contributed by atoms with Gasteiger partial charge in [-0.05, 0) is 12.1 Å². The van der Waals surface area contributed by atoms with Gasteiger partial charge in [0.1, 0.15) is 11.8 Å². The molecular formula is C12H12ClNO6. The molecular weight excluding hydrogens is 290 g/mol. The molecule has 0 aliphatic rings. The molecule has 0 aliphatic heterocycles. The van der Waals surface area contributed by atoms with Crippen molar-refractivity contribution in [2.75, 3.05) is 6.61 Å². The summed E-state index contributed by atoms with van der Waals surface area (Å²) in [5, 5.41) is 19.6. The Hall–Kier alpha value is -2.28. The molecule has 0 radical (unpaired) electrons. The molecule has 20 heavy (non-hydrogen) atoms. The molecule has 1 unspecified atom stereocenters. The van der Waals surface area contributed by atoms with E-state index in [1.165, 1.54) is 0 Å². The van der Waals surface area contributed by atoms with Crippen molar-refractivity contribution in [3.05, 3.63) is 29.3 Å². The average molecular weight is 302 g/mol. The minimum atomic E-state index is -1.50. The summed E-state index contributed by atoms with van der Waals surface area (Å²) in [6.45, 7) is -0.465. The molecule has 3 N–H and O–H groups in total. The molecule has 0 fully saturated rings. The van der Waals surface area contributed by atoms with E-state index < -0.39 is 36.9 Å². The minimum absolute atomic E-state index is 0.273. The smallest absolute Gasteiger partial charge is 0.326 e. The Bertz CT molecular complexity index is 518. The number of amides is 1. The molecule has 8 heteroatoms. The lowest BCUT2D eigenvalue weighted by Crippen LogP contribution is -2.44. The third kappa shape index (κ3) is 5.15. The van der Waals surface area contributed by atoms with E-state index in [-0.39, 0.29) is 5.75 Å². The van der Waals surface area contributed by atoms with Gasteiger partial charge in [-0.3, -0.25) is 9.59 Å². The van der Waals surface area contributed by atoms with E-state index >= 15 is 0 Å². The summed E-state index contributed by atoms with van der Waals surface area (Å²) in [4.78, 5) is 32.7. The van der Waals surface area contributed by atoms with Crippen LogP contribution in [0.2, 0.25) is 5.02 Å². The van der Waals surface area contributed by atoms with Crippen LogP contribution in [0.4, 0.5) is 0 Å². The highest BCUT2D eigenvalue weighted by atomic mass is 35.5. The van der Waals surface area contributed by atoms with E-state index in [9.17, 15) is 14.4 Å². The molecule has 0 bridgehead atoms. The molecule has 0 saturated heterocycles. The first-order valence-electron chi connectivity index (χ1n) is 5.51. The first-order chi connectivity index (χ1) is 9.40. The number of hydrogen-bond donors (Lipinski definition) is 3. The van der Waals surface area contributed by atoms with Gasteiger partial charge in [-0.2, -0.15) is 0 Å². The average Bonchev–Trinajstić information content (AvgIpc) is 2.36. The van der Waals surface area contributed by atoms with Gasteiger partial charge in [0, 0.05) is 0 Å². The fourth-order valence-corrected chi connectivity index (χ4v) is 1.51. The van der Waals surface area contributed by atoms with Crippen molar-refractivity contribution in [3.8, 4) is 5.75 Å². The minimum Gasteiger partial charge on any atom is -0.482 e. The topological polar surface area (TPSA) is 113 Å². The van der Waals surface area contributed by atoms with Crippen LogP contribution in [0.5, 0.6) is 5.75 Å². The van der Waals surface area contributed by atoms with Crippen LogP contribution in [-0.4, -0.2) is 40.7 Å². The Morgan fingerprint density at radius 1 is 1.25 bits per heavy atom. The predicted molar refractivity (Wildman–Crippen MR) is 68.8 cm³/mol. The van der Waals surface area contributed by atoms with Gasteiger partial charge in [-0.25, -0.2) is 4.79 Å². The van der Waals surface area contributed by atoms with Crippen LogP contribution in [0.3, 0.4) is 0 Å². The number of carboxylic acid groups (broad SMARTS) is 2. The summed E-state index contributed by atoms with van der Waals surface area (Å²) in [5.74, 6) is -3.24. The second-order valence-corrected chi connectivity index (χ2v) is 4.18. The molecule has 0 heterocycles. The van der Waals surface area contributed by atoms with Crippen LogP contribution in [0.1, 0.15) is 6.42 Å². The van der Waals surface area contributed by atoms with Crippen molar-refractivity contribution < 1.29 is 29.3 Å². The molecule has 0 spiro atoms. The van der Waals surface area contributed by atoms with Gasteiger partial charge in [0.25, 0.3) is 5.91 Å². The number of carbonyl (C=O) groups is 3. The number of nitrogens with one attached hydrogen (secondary N) is 1. The SMILES string of the molecule is O=C(O)CC(NC(=O)COc1ccccc1Cl)C(=O)O. The first-order valence-corrected chi connectivity index (χ1v) is 5.89. The molecule has 1 rings (SSSR count). The first kappa shape index (κ1) is 15.8. The summed E-state index contributed by atoms with van der Waals surface area (Å²) in [7, 11) is 0. The Kier molecular flexibility index (Phi) is 5.79. The molecule has 7 nitrogen and oxygen atoms in total. The van der Waals surface area contributed by atoms with Gasteiger partial charge in [0.2, 0.25) is 0 Å². The van der Waals surface area contributed by atoms with Crippen molar-refractivity contribution in [2.24, 2.45) is 0 Å². The zero-order chi connectivity index (χ0) is 15.1. The third-order valence-electron chi connectivity index (χ3n) is 2.21. The maximum Gasteiger partial charge on any atom is 0.326 e. The van der Waals surface area contributed by atoms with Gasteiger partial charge in [-0.1, -0.05) is 23.7 Å². The summed E-state index contributed by atoms with van der Waals surface area (Å²) < 4.78 is 5.10. The Balaban J connectivity index is 2.52. The largest absolute Gasteiger partial charge is 0.482 e. The fourth-order valence-electron chi connectivity index (χ4n) is 1.32. The number of carbonyl (C=O) groups excluding carboxylic acids is 1. The lowest BCUT2D eigenvalue weighted by atomic mass is 10.2. The highest BCUT2D eigenvalue weighted by molar-refractivity contribution is 6.32. The van der Waals surface area contributed by atoms with Crippen LogP contribution < -0.4 is 10.1 Å². The number of rotatable bonds is 7. The van der Waals surface area contributed by atoms with E-state index in [4.69, 9.17) is 26.6 Å². The lowest BCUT2D eigenvalue weighted by molar-refractivity contribution is -0.147. The summed E-state index contributed by atoms with van der Waals surface area (Å²) in [6.07, 6.45) is -0.715. The van der Waals surface area contributed by atoms with Crippen LogP contribution in [0.15, 0.2) is 24.3 Å². The van der Waals surface area contributed by atoms with Crippen LogP contribution in [-0.2, 0) is 14.4 Å². The number of halogens is 1. The van der Waals surface area contributed by atoms with Crippen molar-refractivity contribution in [2.45, 2.75) is 12.5 Å². The Morgan fingerprint density at radius 2 is 1.90 bits per heavy atom. The zero-order valence-corrected chi connectivity index (χ0v) is 11.0. The van der Waals surface area contributed by atoms with E-state index in [2.05, 4.69) is 5.32 Å². The molecule has 1 aromatic rings. The van der Waals surface area contributed by atoms with Crippen molar-refractivity contribution in [3.63, 3.8) is 0 Å². The zero-order valence-electron chi connectivity index (χ0n) is 10.2. The predicted octanol–water partition coefficient (Wildman–Crippen LogP) is 0.763. The molecule has 1 amide bonds. The molecule has 108 valence electrons. The normalized spacial score (nSPS) is 11.4. The monoisotopic (exact) mass is 301 g/mol. The second-order valence-electron chi connectivity index (χ2n) is 3.78.